The quantitative estimate of drug-likeness (QED) is 0.576. The van der Waals surface area contributed by atoms with Crippen LogP contribution in [0.1, 0.15) is 10.6 Å². The molecule has 2 aromatic rings. The van der Waals surface area contributed by atoms with Gasteiger partial charge in [-0.2, -0.15) is 0 Å². The van der Waals surface area contributed by atoms with Crippen molar-refractivity contribution in [3.05, 3.63) is 30.2 Å². The molecule has 0 aliphatic heterocycles. The summed E-state index contributed by atoms with van der Waals surface area (Å²) in [6, 6.07) is 5.31. The molecule has 2 aromatic heterocycles. The Morgan fingerprint density at radius 2 is 2.45 bits per heavy atom. The van der Waals surface area contributed by atoms with Gasteiger partial charge in [0.2, 0.25) is 5.71 Å². The first kappa shape index (κ1) is 6.09. The molecular weight excluding hydrogens is 142 g/mol. The number of hydrogen-bond donors (Lipinski definition) is 0. The smallest absolute Gasteiger partial charge is 0.226 e. The maximum Gasteiger partial charge on any atom is 0.226 e. The summed E-state index contributed by atoms with van der Waals surface area (Å²) in [7, 11) is 0. The zero-order valence-corrected chi connectivity index (χ0v) is 5.65. The van der Waals surface area contributed by atoms with Crippen LogP contribution in [0.25, 0.3) is 11.1 Å². The first-order valence-corrected chi connectivity index (χ1v) is 3.20. The molecule has 2 rings (SSSR count). The van der Waals surface area contributed by atoms with Crippen LogP contribution in [0.4, 0.5) is 0 Å². The van der Waals surface area contributed by atoms with Crippen LogP contribution in [0.3, 0.4) is 0 Å². The van der Waals surface area contributed by atoms with Crippen molar-refractivity contribution in [1.82, 2.24) is 4.98 Å². The fourth-order valence-corrected chi connectivity index (χ4v) is 0.951. The first-order chi connectivity index (χ1) is 5.40. The molecule has 0 aliphatic rings. The van der Waals surface area contributed by atoms with E-state index in [1.54, 1.807) is 18.3 Å². The molecule has 0 bridgehead atoms. The summed E-state index contributed by atoms with van der Waals surface area (Å²) < 4.78 is 5.04. The minimum Gasteiger partial charge on any atom is -0.435 e. The fraction of sp³-hybridized carbons (Fsp3) is 0. The van der Waals surface area contributed by atoms with E-state index in [0.717, 1.165) is 5.39 Å². The molecule has 3 nitrogen and oxygen atoms in total. The van der Waals surface area contributed by atoms with Gasteiger partial charge in [0, 0.05) is 11.6 Å². The van der Waals surface area contributed by atoms with Crippen LogP contribution in [-0.2, 0) is 0 Å². The Bertz CT molecular complexity index is 359. The van der Waals surface area contributed by atoms with Crippen LogP contribution in [0.2, 0.25) is 0 Å². The van der Waals surface area contributed by atoms with Crippen LogP contribution in [0.5, 0.6) is 0 Å². The van der Waals surface area contributed by atoms with Gasteiger partial charge in [-0.1, -0.05) is 0 Å². The minimum absolute atomic E-state index is 0.318. The molecule has 0 saturated carbocycles. The molecular formula is C8H5NO2. The summed E-state index contributed by atoms with van der Waals surface area (Å²) in [5, 5.41) is 0.856. The van der Waals surface area contributed by atoms with Crippen molar-refractivity contribution in [2.45, 2.75) is 0 Å². The van der Waals surface area contributed by atoms with E-state index in [0.29, 0.717) is 17.8 Å². The number of carbonyl (C=O) groups is 1. The minimum atomic E-state index is 0.318. The number of pyridine rings is 1. The highest BCUT2D eigenvalue weighted by atomic mass is 16.3. The molecule has 3 heteroatoms. The molecule has 0 amide bonds. The van der Waals surface area contributed by atoms with Crippen molar-refractivity contribution in [2.75, 3.05) is 0 Å². The van der Waals surface area contributed by atoms with Gasteiger partial charge < -0.3 is 4.42 Å². The summed E-state index contributed by atoms with van der Waals surface area (Å²) in [4.78, 5) is 14.2. The van der Waals surface area contributed by atoms with Gasteiger partial charge in [-0.05, 0) is 18.2 Å². The molecule has 0 atom stereocenters. The molecule has 0 aliphatic carbocycles. The third-order valence-corrected chi connectivity index (χ3v) is 1.43. The molecule has 0 N–H and O–H groups in total. The van der Waals surface area contributed by atoms with Gasteiger partial charge in [-0.15, -0.1) is 0 Å². The van der Waals surface area contributed by atoms with Gasteiger partial charge in [-0.3, -0.25) is 4.79 Å². The van der Waals surface area contributed by atoms with Gasteiger partial charge in [0.1, 0.15) is 0 Å². The van der Waals surface area contributed by atoms with E-state index < -0.39 is 0 Å². The van der Waals surface area contributed by atoms with Crippen LogP contribution < -0.4 is 0 Å². The first-order valence-electron chi connectivity index (χ1n) is 3.20. The van der Waals surface area contributed by atoms with Crippen molar-refractivity contribution in [3.63, 3.8) is 0 Å². The van der Waals surface area contributed by atoms with Gasteiger partial charge in [0.05, 0.1) is 0 Å². The topological polar surface area (TPSA) is 43.1 Å². The largest absolute Gasteiger partial charge is 0.435 e. The third kappa shape index (κ3) is 0.902. The van der Waals surface area contributed by atoms with Crippen molar-refractivity contribution < 1.29 is 9.21 Å². The van der Waals surface area contributed by atoms with Crippen LogP contribution in [0.15, 0.2) is 28.8 Å². The Hall–Kier alpha value is -1.64. The summed E-state index contributed by atoms with van der Waals surface area (Å²) >= 11 is 0. The van der Waals surface area contributed by atoms with Crippen molar-refractivity contribution >= 4 is 17.4 Å². The Morgan fingerprint density at radius 1 is 1.55 bits per heavy atom. The lowest BCUT2D eigenvalue weighted by molar-refractivity contribution is 0.110. The molecule has 0 spiro atoms. The van der Waals surface area contributed by atoms with E-state index in [1.165, 1.54) is 0 Å². The molecule has 0 fully saturated rings. The highest BCUT2D eigenvalue weighted by Crippen LogP contribution is 2.14. The number of furan rings is 1. The van der Waals surface area contributed by atoms with Crippen LogP contribution >= 0.6 is 0 Å². The van der Waals surface area contributed by atoms with E-state index in [-0.39, 0.29) is 0 Å². The molecule has 0 radical (unpaired) electrons. The average molecular weight is 147 g/mol. The third-order valence-electron chi connectivity index (χ3n) is 1.43. The van der Waals surface area contributed by atoms with Gasteiger partial charge in [-0.25, -0.2) is 4.98 Å². The number of aldehydes is 1. The second-order valence-electron chi connectivity index (χ2n) is 2.16. The van der Waals surface area contributed by atoms with Crippen molar-refractivity contribution in [3.8, 4) is 0 Å². The summed E-state index contributed by atoms with van der Waals surface area (Å²) in [5.74, 6) is 0.318. The van der Waals surface area contributed by atoms with Gasteiger partial charge in [0.25, 0.3) is 0 Å². The maximum atomic E-state index is 10.3. The molecule has 2 heterocycles. The molecule has 0 saturated heterocycles. The summed E-state index contributed by atoms with van der Waals surface area (Å²) in [6.07, 6.45) is 2.29. The highest BCUT2D eigenvalue weighted by Gasteiger charge is 2.00. The Kier molecular flexibility index (Phi) is 1.22. The molecule has 54 valence electrons. The molecule has 0 unspecified atom stereocenters. The monoisotopic (exact) mass is 147 g/mol. The van der Waals surface area contributed by atoms with E-state index in [4.69, 9.17) is 4.42 Å². The standard InChI is InChI=1S/C8H5NO2/c10-5-7-4-6-2-1-3-9-8(6)11-7/h1-5H. The predicted octanol–water partition coefficient (Wildman–Crippen LogP) is 1.64. The number of carbonyl (C=O) groups excluding carboxylic acids is 1. The Balaban J connectivity index is 2.78. The number of hydrogen-bond acceptors (Lipinski definition) is 3. The molecule has 11 heavy (non-hydrogen) atoms. The van der Waals surface area contributed by atoms with Crippen LogP contribution in [0, 0.1) is 0 Å². The van der Waals surface area contributed by atoms with E-state index in [9.17, 15) is 4.79 Å². The zero-order valence-electron chi connectivity index (χ0n) is 5.65. The predicted molar refractivity (Wildman–Crippen MR) is 39.4 cm³/mol. The maximum absolute atomic E-state index is 10.3. The lowest BCUT2D eigenvalue weighted by Gasteiger charge is -1.81. The lowest BCUT2D eigenvalue weighted by atomic mass is 10.3. The summed E-state index contributed by atoms with van der Waals surface area (Å²) in [6.45, 7) is 0. The van der Waals surface area contributed by atoms with Gasteiger partial charge in [0.15, 0.2) is 12.0 Å². The van der Waals surface area contributed by atoms with E-state index in [1.807, 2.05) is 6.07 Å². The lowest BCUT2D eigenvalue weighted by Crippen LogP contribution is -1.67. The number of aromatic nitrogens is 1. The molecule has 0 aromatic carbocycles. The Labute approximate surface area is 62.7 Å². The second-order valence-corrected chi connectivity index (χ2v) is 2.16. The van der Waals surface area contributed by atoms with Crippen molar-refractivity contribution in [2.24, 2.45) is 0 Å². The number of fused-ring (bicyclic) bond motifs is 1. The average Bonchev–Trinajstić information content (AvgIpc) is 2.46. The fourth-order valence-electron chi connectivity index (χ4n) is 0.951. The van der Waals surface area contributed by atoms with Crippen LogP contribution in [-0.4, -0.2) is 11.3 Å². The number of nitrogens with zero attached hydrogens (tertiary/aromatic N) is 1. The SMILES string of the molecule is O=Cc1cc2cccnc2o1. The van der Waals surface area contributed by atoms with Gasteiger partial charge >= 0.3 is 0 Å². The highest BCUT2D eigenvalue weighted by molar-refractivity contribution is 5.82. The van der Waals surface area contributed by atoms with E-state index >= 15 is 0 Å². The Morgan fingerprint density at radius 3 is 3.18 bits per heavy atom. The van der Waals surface area contributed by atoms with Crippen molar-refractivity contribution in [1.29, 1.82) is 0 Å². The zero-order chi connectivity index (χ0) is 7.68. The second kappa shape index (κ2) is 2.20. The van der Waals surface area contributed by atoms with E-state index in [2.05, 4.69) is 4.98 Å². The normalized spacial score (nSPS) is 10.2. The summed E-state index contributed by atoms with van der Waals surface area (Å²) in [5.41, 5.74) is 0.509. The number of rotatable bonds is 1.